The first-order chi connectivity index (χ1) is 14.1. The van der Waals surface area contributed by atoms with Crippen LogP contribution in [-0.4, -0.2) is 15.9 Å². The standard InChI is InChI=1S/C25H22N2O2/c1-3-18-11-13-19(14-12-18)26-16-23-21-9-4-5-10-22(21)24(28)27(25(23)29)20-8-6-7-17(2)15-20/h4-16,29H,3H2,1-2H3. The van der Waals surface area contributed by atoms with Crippen LogP contribution in [0.1, 0.15) is 23.6 Å². The highest BCUT2D eigenvalue weighted by Gasteiger charge is 2.16. The maximum atomic E-state index is 13.1. The van der Waals surface area contributed by atoms with Crippen molar-refractivity contribution in [1.29, 1.82) is 0 Å². The molecule has 0 fully saturated rings. The molecule has 144 valence electrons. The molecule has 4 aromatic rings. The van der Waals surface area contributed by atoms with Crippen LogP contribution in [0.4, 0.5) is 5.69 Å². The van der Waals surface area contributed by atoms with E-state index in [1.807, 2.05) is 73.7 Å². The molecule has 3 aromatic carbocycles. The van der Waals surface area contributed by atoms with Gasteiger partial charge in [-0.1, -0.05) is 49.4 Å². The quantitative estimate of drug-likeness (QED) is 0.486. The summed E-state index contributed by atoms with van der Waals surface area (Å²) in [6.45, 7) is 4.06. The van der Waals surface area contributed by atoms with Crippen LogP contribution in [0.25, 0.3) is 16.5 Å². The molecular weight excluding hydrogens is 360 g/mol. The Morgan fingerprint density at radius 2 is 1.69 bits per heavy atom. The number of fused-ring (bicyclic) bond motifs is 1. The van der Waals surface area contributed by atoms with Gasteiger partial charge < -0.3 is 5.11 Å². The van der Waals surface area contributed by atoms with Crippen molar-refractivity contribution in [3.05, 3.63) is 99.8 Å². The first-order valence-electron chi connectivity index (χ1n) is 9.65. The summed E-state index contributed by atoms with van der Waals surface area (Å²) >= 11 is 0. The van der Waals surface area contributed by atoms with E-state index in [0.717, 1.165) is 17.7 Å². The fourth-order valence-electron chi connectivity index (χ4n) is 3.45. The average Bonchev–Trinajstić information content (AvgIpc) is 2.74. The summed E-state index contributed by atoms with van der Waals surface area (Å²) in [5, 5.41) is 12.3. The third kappa shape index (κ3) is 3.57. The van der Waals surface area contributed by atoms with E-state index in [4.69, 9.17) is 0 Å². The van der Waals surface area contributed by atoms with Crippen LogP contribution in [0.15, 0.2) is 82.6 Å². The van der Waals surface area contributed by atoms with Gasteiger partial charge in [-0.3, -0.25) is 9.79 Å². The highest BCUT2D eigenvalue weighted by Crippen LogP contribution is 2.27. The van der Waals surface area contributed by atoms with Gasteiger partial charge in [-0.25, -0.2) is 4.57 Å². The third-order valence-electron chi connectivity index (χ3n) is 5.05. The molecule has 0 radical (unpaired) electrons. The van der Waals surface area contributed by atoms with Crippen LogP contribution >= 0.6 is 0 Å². The smallest absolute Gasteiger partial charge is 0.265 e. The summed E-state index contributed by atoms with van der Waals surface area (Å²) in [4.78, 5) is 17.7. The number of hydrogen-bond donors (Lipinski definition) is 1. The fraction of sp³-hybridized carbons (Fsp3) is 0.120. The average molecular weight is 382 g/mol. The second-order valence-electron chi connectivity index (χ2n) is 7.04. The van der Waals surface area contributed by atoms with E-state index >= 15 is 0 Å². The zero-order chi connectivity index (χ0) is 20.4. The summed E-state index contributed by atoms with van der Waals surface area (Å²) in [6.07, 6.45) is 2.60. The molecule has 0 aliphatic rings. The van der Waals surface area contributed by atoms with Crippen molar-refractivity contribution in [2.75, 3.05) is 0 Å². The number of aryl methyl sites for hydroxylation is 2. The van der Waals surface area contributed by atoms with Crippen molar-refractivity contribution >= 4 is 22.7 Å². The van der Waals surface area contributed by atoms with Gasteiger partial charge in [0, 0.05) is 17.0 Å². The van der Waals surface area contributed by atoms with Gasteiger partial charge in [-0.05, 0) is 54.8 Å². The SMILES string of the molecule is CCc1ccc(N=Cc2c(O)n(-c3cccc(C)c3)c(=O)c3ccccc23)cc1. The molecule has 1 heterocycles. The van der Waals surface area contributed by atoms with Crippen molar-refractivity contribution < 1.29 is 5.11 Å². The van der Waals surface area contributed by atoms with Gasteiger partial charge in [0.2, 0.25) is 5.88 Å². The Balaban J connectivity index is 1.93. The molecule has 0 amide bonds. The fourth-order valence-corrected chi connectivity index (χ4v) is 3.45. The lowest BCUT2D eigenvalue weighted by Gasteiger charge is -2.14. The van der Waals surface area contributed by atoms with Crippen LogP contribution in [0.5, 0.6) is 5.88 Å². The molecule has 0 saturated heterocycles. The lowest BCUT2D eigenvalue weighted by Crippen LogP contribution is -2.20. The van der Waals surface area contributed by atoms with Gasteiger partial charge in [0.25, 0.3) is 5.56 Å². The second kappa shape index (κ2) is 7.76. The number of aromatic hydroxyl groups is 1. The summed E-state index contributed by atoms with van der Waals surface area (Å²) in [5.41, 5.74) is 3.92. The predicted octanol–water partition coefficient (Wildman–Crippen LogP) is 5.32. The molecule has 1 aromatic heterocycles. The van der Waals surface area contributed by atoms with Crippen LogP contribution in [0, 0.1) is 6.92 Å². The molecule has 29 heavy (non-hydrogen) atoms. The lowest BCUT2D eigenvalue weighted by molar-refractivity contribution is 0.436. The predicted molar refractivity (Wildman–Crippen MR) is 119 cm³/mol. The van der Waals surface area contributed by atoms with Gasteiger partial charge in [0.05, 0.1) is 16.9 Å². The molecule has 1 N–H and O–H groups in total. The van der Waals surface area contributed by atoms with Crippen molar-refractivity contribution in [3.63, 3.8) is 0 Å². The van der Waals surface area contributed by atoms with Crippen molar-refractivity contribution in [1.82, 2.24) is 4.57 Å². The Morgan fingerprint density at radius 3 is 2.38 bits per heavy atom. The van der Waals surface area contributed by atoms with E-state index in [2.05, 4.69) is 11.9 Å². The van der Waals surface area contributed by atoms with E-state index in [9.17, 15) is 9.90 Å². The molecular formula is C25H22N2O2. The molecule has 4 heteroatoms. The summed E-state index contributed by atoms with van der Waals surface area (Å²) in [5.74, 6) is -0.117. The molecule has 0 aliphatic carbocycles. The topological polar surface area (TPSA) is 54.6 Å². The number of benzene rings is 3. The zero-order valence-electron chi connectivity index (χ0n) is 16.5. The molecule has 0 atom stereocenters. The van der Waals surface area contributed by atoms with Crippen LogP contribution in [0.2, 0.25) is 0 Å². The monoisotopic (exact) mass is 382 g/mol. The number of nitrogens with zero attached hydrogens (tertiary/aromatic N) is 2. The third-order valence-corrected chi connectivity index (χ3v) is 5.05. The van der Waals surface area contributed by atoms with E-state index in [1.165, 1.54) is 10.1 Å². The number of rotatable bonds is 4. The first kappa shape index (κ1) is 18.7. The van der Waals surface area contributed by atoms with Gasteiger partial charge in [0.15, 0.2) is 0 Å². The number of aliphatic imine (C=N–C) groups is 1. The molecule has 0 bridgehead atoms. The zero-order valence-corrected chi connectivity index (χ0v) is 16.5. The molecule has 4 nitrogen and oxygen atoms in total. The Morgan fingerprint density at radius 1 is 0.966 bits per heavy atom. The lowest BCUT2D eigenvalue weighted by atomic mass is 10.1. The minimum atomic E-state index is -0.256. The highest BCUT2D eigenvalue weighted by molar-refractivity contribution is 6.02. The Bertz CT molecular complexity index is 1270. The van der Waals surface area contributed by atoms with Crippen molar-refractivity contribution in [2.45, 2.75) is 20.3 Å². The number of aromatic nitrogens is 1. The largest absolute Gasteiger partial charge is 0.494 e. The molecule has 0 spiro atoms. The Kier molecular flexibility index (Phi) is 5.00. The van der Waals surface area contributed by atoms with Crippen molar-refractivity contribution in [3.8, 4) is 11.6 Å². The van der Waals surface area contributed by atoms with E-state index in [-0.39, 0.29) is 11.4 Å². The summed E-state index contributed by atoms with van der Waals surface area (Å²) in [7, 11) is 0. The summed E-state index contributed by atoms with van der Waals surface area (Å²) in [6, 6.07) is 22.8. The van der Waals surface area contributed by atoms with E-state index in [0.29, 0.717) is 22.0 Å². The molecule has 4 rings (SSSR count). The number of hydrogen-bond acceptors (Lipinski definition) is 3. The Hall–Kier alpha value is -3.66. The Labute approximate surface area is 169 Å². The van der Waals surface area contributed by atoms with E-state index < -0.39 is 0 Å². The normalized spacial score (nSPS) is 11.4. The minimum absolute atomic E-state index is 0.117. The van der Waals surface area contributed by atoms with Crippen molar-refractivity contribution in [2.24, 2.45) is 4.99 Å². The van der Waals surface area contributed by atoms with Crippen LogP contribution in [0.3, 0.4) is 0 Å². The molecule has 0 aliphatic heterocycles. The first-order valence-corrected chi connectivity index (χ1v) is 9.65. The summed E-state index contributed by atoms with van der Waals surface area (Å²) < 4.78 is 1.34. The molecule has 0 saturated carbocycles. The van der Waals surface area contributed by atoms with Gasteiger partial charge in [0.1, 0.15) is 0 Å². The molecule has 0 unspecified atom stereocenters. The van der Waals surface area contributed by atoms with Crippen LogP contribution in [-0.2, 0) is 6.42 Å². The minimum Gasteiger partial charge on any atom is -0.494 e. The number of pyridine rings is 1. The maximum absolute atomic E-state index is 13.1. The highest BCUT2D eigenvalue weighted by atomic mass is 16.3. The van der Waals surface area contributed by atoms with E-state index in [1.54, 1.807) is 12.3 Å². The maximum Gasteiger partial charge on any atom is 0.265 e. The van der Waals surface area contributed by atoms with Gasteiger partial charge >= 0.3 is 0 Å². The van der Waals surface area contributed by atoms with Gasteiger partial charge in [-0.2, -0.15) is 0 Å². The van der Waals surface area contributed by atoms with Crippen LogP contribution < -0.4 is 5.56 Å². The van der Waals surface area contributed by atoms with Gasteiger partial charge in [-0.15, -0.1) is 0 Å². The second-order valence-corrected chi connectivity index (χ2v) is 7.04.